The van der Waals surface area contributed by atoms with Gasteiger partial charge in [-0.3, -0.25) is 14.9 Å². The van der Waals surface area contributed by atoms with Crippen molar-refractivity contribution in [2.24, 2.45) is 0 Å². The Hall–Kier alpha value is -4.08. The fourth-order valence-electron chi connectivity index (χ4n) is 3.30. The number of halogens is 1. The Labute approximate surface area is 216 Å². The Morgan fingerprint density at radius 2 is 1.41 bits per heavy atom. The van der Waals surface area contributed by atoms with Crippen LogP contribution in [0.1, 0.15) is 0 Å². The summed E-state index contributed by atoms with van der Waals surface area (Å²) in [5, 5.41) is 14.3. The maximum absolute atomic E-state index is 14.4. The number of nitrogens with one attached hydrogen (secondary N) is 1. The lowest BCUT2D eigenvalue weighted by atomic mass is 10.1. The Morgan fingerprint density at radius 3 is 1.86 bits per heavy atom. The number of nitro benzene ring substituents is 1. The number of nitro groups is 1. The van der Waals surface area contributed by atoms with Gasteiger partial charge in [0.25, 0.3) is 5.69 Å². The van der Waals surface area contributed by atoms with Crippen molar-refractivity contribution in [1.82, 2.24) is 0 Å². The summed E-state index contributed by atoms with van der Waals surface area (Å²) in [5.41, 5.74) is -2.68. The molecule has 0 radical (unpaired) electrons. The highest BCUT2D eigenvalue weighted by atomic mass is 35.5. The van der Waals surface area contributed by atoms with Crippen molar-refractivity contribution >= 4 is 42.5 Å². The average molecular weight is 549 g/mol. The van der Waals surface area contributed by atoms with Gasteiger partial charge in [0.1, 0.15) is 17.2 Å². The number of nitrogens with zero attached hydrogens (tertiary/aromatic N) is 1. The van der Waals surface area contributed by atoms with Crippen LogP contribution in [0.4, 0.5) is 11.4 Å². The van der Waals surface area contributed by atoms with Crippen molar-refractivity contribution in [2.75, 3.05) is 19.5 Å². The van der Waals surface area contributed by atoms with Crippen LogP contribution in [0.15, 0.2) is 78.9 Å². The van der Waals surface area contributed by atoms with Crippen LogP contribution in [0.2, 0.25) is 5.02 Å². The minimum Gasteiger partial charge on any atom is -0.468 e. The van der Waals surface area contributed by atoms with E-state index >= 15 is 0 Å². The third-order valence-corrected chi connectivity index (χ3v) is 7.33. The number of esters is 2. The average Bonchev–Trinajstić information content (AvgIpc) is 2.89. The SMILES string of the molecule is COC(=O)[C@@H](Nc1ccc(Cl)cc1[N+](=O)[O-])[C@H](C(=O)OC)P(=O)(Oc1ccccc1)Oc1ccccc1. The van der Waals surface area contributed by atoms with E-state index in [9.17, 15) is 24.3 Å². The molecule has 0 saturated carbocycles. The number of benzene rings is 3. The Balaban J connectivity index is 2.17. The summed E-state index contributed by atoms with van der Waals surface area (Å²) in [6.07, 6.45) is 0. The van der Waals surface area contributed by atoms with Gasteiger partial charge in [-0.25, -0.2) is 9.36 Å². The van der Waals surface area contributed by atoms with Crippen molar-refractivity contribution in [3.05, 3.63) is 94.0 Å². The minimum absolute atomic E-state index is 0.0573. The first-order valence-electron chi connectivity index (χ1n) is 10.6. The van der Waals surface area contributed by atoms with Crippen molar-refractivity contribution < 1.29 is 37.6 Å². The number of para-hydroxylation sites is 2. The van der Waals surface area contributed by atoms with E-state index in [0.717, 1.165) is 20.3 Å². The van der Waals surface area contributed by atoms with Gasteiger partial charge in [0.15, 0.2) is 6.04 Å². The molecule has 0 spiro atoms. The minimum atomic E-state index is -4.69. The molecule has 1 N–H and O–H groups in total. The van der Waals surface area contributed by atoms with Crippen LogP contribution in [0.5, 0.6) is 11.5 Å². The molecule has 0 aromatic heterocycles. The summed E-state index contributed by atoms with van der Waals surface area (Å²) in [6, 6.07) is 17.5. The molecule has 3 rings (SSSR count). The summed E-state index contributed by atoms with van der Waals surface area (Å²) in [6.45, 7) is 0. The standard InChI is InChI=1S/C24H22ClN2O9P/c1-33-23(28)21(26-19-14-13-16(25)15-20(19)27(30)31)22(24(29)34-2)37(32,35-17-9-5-3-6-10-17)36-18-11-7-4-8-12-18/h3-15,21-22,26H,1-2H3/t21-,22+/m0/s1. The number of hydrogen-bond acceptors (Lipinski definition) is 10. The molecule has 0 amide bonds. The van der Waals surface area contributed by atoms with Crippen LogP contribution in [0.3, 0.4) is 0 Å². The van der Waals surface area contributed by atoms with Crippen molar-refractivity contribution in [3.8, 4) is 11.5 Å². The zero-order valence-electron chi connectivity index (χ0n) is 19.6. The van der Waals surface area contributed by atoms with Crippen molar-refractivity contribution in [3.63, 3.8) is 0 Å². The summed E-state index contributed by atoms with van der Waals surface area (Å²) in [4.78, 5) is 37.0. The molecule has 194 valence electrons. The lowest BCUT2D eigenvalue weighted by molar-refractivity contribution is -0.384. The number of hydrogen-bond donors (Lipinski definition) is 1. The van der Waals surface area contributed by atoms with E-state index in [-0.39, 0.29) is 22.2 Å². The third kappa shape index (κ3) is 6.78. The molecule has 0 aliphatic carbocycles. The highest BCUT2D eigenvalue weighted by Crippen LogP contribution is 2.55. The molecule has 13 heteroatoms. The zero-order valence-corrected chi connectivity index (χ0v) is 21.3. The Bertz CT molecular complexity index is 1260. The summed E-state index contributed by atoms with van der Waals surface area (Å²) < 4.78 is 35.6. The van der Waals surface area contributed by atoms with E-state index in [2.05, 4.69) is 5.32 Å². The second-order valence-electron chi connectivity index (χ2n) is 7.38. The number of rotatable bonds is 11. The molecule has 3 aromatic carbocycles. The zero-order chi connectivity index (χ0) is 27.0. The largest absolute Gasteiger partial charge is 0.468 e. The molecule has 0 fully saturated rings. The molecular formula is C24H22ClN2O9P. The first-order chi connectivity index (χ1) is 17.7. The number of anilines is 1. The lowest BCUT2D eigenvalue weighted by Gasteiger charge is -2.30. The van der Waals surface area contributed by atoms with Crippen molar-refractivity contribution in [2.45, 2.75) is 11.7 Å². The van der Waals surface area contributed by atoms with Gasteiger partial charge in [-0.1, -0.05) is 48.0 Å². The lowest BCUT2D eigenvalue weighted by Crippen LogP contribution is -2.47. The van der Waals surface area contributed by atoms with Crippen LogP contribution in [-0.2, 0) is 23.6 Å². The van der Waals surface area contributed by atoms with Crippen LogP contribution < -0.4 is 14.4 Å². The monoisotopic (exact) mass is 548 g/mol. The predicted molar refractivity (Wildman–Crippen MR) is 135 cm³/mol. The predicted octanol–water partition coefficient (Wildman–Crippen LogP) is 5.09. The third-order valence-electron chi connectivity index (χ3n) is 4.97. The van der Waals surface area contributed by atoms with Gasteiger partial charge in [-0.05, 0) is 36.4 Å². The highest BCUT2D eigenvalue weighted by Gasteiger charge is 2.54. The molecule has 0 aliphatic heterocycles. The van der Waals surface area contributed by atoms with Crippen LogP contribution in [-0.4, -0.2) is 42.8 Å². The fraction of sp³-hybridized carbons (Fsp3) is 0.167. The molecule has 37 heavy (non-hydrogen) atoms. The van der Waals surface area contributed by atoms with Gasteiger partial charge in [-0.2, -0.15) is 0 Å². The highest BCUT2D eigenvalue weighted by molar-refractivity contribution is 7.56. The molecule has 0 aliphatic rings. The number of carbonyl (C=O) groups is 2. The second kappa shape index (κ2) is 12.2. The van der Waals surface area contributed by atoms with E-state index in [4.69, 9.17) is 30.1 Å². The van der Waals surface area contributed by atoms with Gasteiger partial charge >= 0.3 is 19.5 Å². The molecular weight excluding hydrogens is 527 g/mol. The van der Waals surface area contributed by atoms with E-state index in [1.54, 1.807) is 36.4 Å². The van der Waals surface area contributed by atoms with E-state index in [1.165, 1.54) is 36.4 Å². The van der Waals surface area contributed by atoms with Crippen LogP contribution >= 0.6 is 19.2 Å². The molecule has 3 aromatic rings. The molecule has 0 unspecified atom stereocenters. The van der Waals surface area contributed by atoms with Gasteiger partial charge in [0.05, 0.1) is 19.1 Å². The summed E-state index contributed by atoms with van der Waals surface area (Å²) >= 11 is 5.89. The molecule has 11 nitrogen and oxygen atoms in total. The Morgan fingerprint density at radius 1 is 0.892 bits per heavy atom. The van der Waals surface area contributed by atoms with Crippen molar-refractivity contribution in [1.29, 1.82) is 0 Å². The smallest absolute Gasteiger partial charge is 0.447 e. The van der Waals surface area contributed by atoms with Gasteiger partial charge in [-0.15, -0.1) is 0 Å². The normalized spacial score (nSPS) is 12.5. The maximum atomic E-state index is 14.4. The second-order valence-corrected chi connectivity index (χ2v) is 9.82. The topological polar surface area (TPSA) is 143 Å². The van der Waals surface area contributed by atoms with Gasteiger partial charge < -0.3 is 23.8 Å². The molecule has 0 bridgehead atoms. The Kier molecular flexibility index (Phi) is 9.10. The van der Waals surface area contributed by atoms with Gasteiger partial charge in [0, 0.05) is 11.1 Å². The summed E-state index contributed by atoms with van der Waals surface area (Å²) in [7, 11) is -2.64. The van der Waals surface area contributed by atoms with E-state index < -0.39 is 41.8 Å². The molecule has 0 heterocycles. The number of methoxy groups -OCH3 is 2. The van der Waals surface area contributed by atoms with Crippen LogP contribution in [0.25, 0.3) is 0 Å². The number of carbonyl (C=O) groups excluding carboxylic acids is 2. The fourth-order valence-corrected chi connectivity index (χ4v) is 5.48. The first kappa shape index (κ1) is 27.5. The van der Waals surface area contributed by atoms with Crippen LogP contribution in [0, 0.1) is 10.1 Å². The summed E-state index contributed by atoms with van der Waals surface area (Å²) in [5.74, 6) is -2.11. The number of ether oxygens (including phenoxy) is 2. The molecule has 0 saturated heterocycles. The van der Waals surface area contributed by atoms with Gasteiger partial charge in [0.2, 0.25) is 5.66 Å². The first-order valence-corrected chi connectivity index (χ1v) is 12.6. The van der Waals surface area contributed by atoms with E-state index in [0.29, 0.717) is 0 Å². The quantitative estimate of drug-likeness (QED) is 0.149. The van der Waals surface area contributed by atoms with E-state index in [1.807, 2.05) is 0 Å². The molecule has 2 atom stereocenters. The maximum Gasteiger partial charge on any atom is 0.447 e.